The minimum atomic E-state index is -4.35. The summed E-state index contributed by atoms with van der Waals surface area (Å²) >= 11 is 0. The molecule has 1 atom stereocenters. The number of imidazole rings is 1. The van der Waals surface area contributed by atoms with Crippen LogP contribution in [0.15, 0.2) is 30.5 Å². The van der Waals surface area contributed by atoms with Crippen molar-refractivity contribution in [3.05, 3.63) is 41.7 Å². The summed E-state index contributed by atoms with van der Waals surface area (Å²) < 4.78 is 40.3. The second-order valence-electron chi connectivity index (χ2n) is 5.34. The Morgan fingerprint density at radius 1 is 1.33 bits per heavy atom. The molecule has 3 nitrogen and oxygen atoms in total. The maximum atomic E-state index is 12.8. The molecule has 0 bridgehead atoms. The van der Waals surface area contributed by atoms with E-state index in [1.807, 2.05) is 4.57 Å². The predicted molar refractivity (Wildman–Crippen MR) is 71.6 cm³/mol. The van der Waals surface area contributed by atoms with Crippen molar-refractivity contribution in [1.82, 2.24) is 9.55 Å². The van der Waals surface area contributed by atoms with Gasteiger partial charge in [0.15, 0.2) is 0 Å². The standard InChI is InChI=1S/C15H15F3N2O/c16-15(17,18)12-3-1-2-11(7-12)14-19-8-13-6-10(9-21)4-5-20(13)14/h1-3,7-8,10,21H,4-6,9H2. The zero-order chi connectivity index (χ0) is 15.0. The minimum Gasteiger partial charge on any atom is -0.396 e. The quantitative estimate of drug-likeness (QED) is 0.924. The van der Waals surface area contributed by atoms with Gasteiger partial charge in [-0.1, -0.05) is 12.1 Å². The fourth-order valence-corrected chi connectivity index (χ4v) is 2.75. The summed E-state index contributed by atoms with van der Waals surface area (Å²) in [6, 6.07) is 5.24. The van der Waals surface area contributed by atoms with Gasteiger partial charge < -0.3 is 9.67 Å². The zero-order valence-corrected chi connectivity index (χ0v) is 11.3. The molecule has 2 aromatic rings. The summed E-state index contributed by atoms with van der Waals surface area (Å²) in [6.45, 7) is 0.802. The monoisotopic (exact) mass is 296 g/mol. The van der Waals surface area contributed by atoms with Gasteiger partial charge in [-0.3, -0.25) is 0 Å². The van der Waals surface area contributed by atoms with E-state index in [-0.39, 0.29) is 12.5 Å². The normalized spacial score (nSPS) is 18.6. The summed E-state index contributed by atoms with van der Waals surface area (Å²) in [5.74, 6) is 0.774. The van der Waals surface area contributed by atoms with Crippen molar-refractivity contribution in [2.75, 3.05) is 6.61 Å². The summed E-state index contributed by atoms with van der Waals surface area (Å²) in [4.78, 5) is 4.27. The van der Waals surface area contributed by atoms with Gasteiger partial charge in [-0.05, 0) is 30.9 Å². The van der Waals surface area contributed by atoms with E-state index >= 15 is 0 Å². The zero-order valence-electron chi connectivity index (χ0n) is 11.3. The van der Waals surface area contributed by atoms with E-state index in [9.17, 15) is 18.3 Å². The molecule has 1 aliphatic heterocycles. The van der Waals surface area contributed by atoms with Crippen molar-refractivity contribution in [2.24, 2.45) is 5.92 Å². The van der Waals surface area contributed by atoms with E-state index < -0.39 is 11.7 Å². The first-order chi connectivity index (χ1) is 9.99. The number of rotatable bonds is 2. The summed E-state index contributed by atoms with van der Waals surface area (Å²) in [6.07, 6.45) is -1.14. The van der Waals surface area contributed by atoms with Gasteiger partial charge in [-0.2, -0.15) is 13.2 Å². The average Bonchev–Trinajstić information content (AvgIpc) is 2.89. The lowest BCUT2D eigenvalue weighted by atomic mass is 9.97. The van der Waals surface area contributed by atoms with Crippen molar-refractivity contribution in [3.63, 3.8) is 0 Å². The van der Waals surface area contributed by atoms with Crippen LogP contribution in [0.5, 0.6) is 0 Å². The highest BCUT2D eigenvalue weighted by molar-refractivity contribution is 5.58. The molecule has 1 aromatic heterocycles. The Morgan fingerprint density at radius 3 is 2.86 bits per heavy atom. The minimum absolute atomic E-state index is 0.129. The summed E-state index contributed by atoms with van der Waals surface area (Å²) in [5, 5.41) is 9.21. The van der Waals surface area contributed by atoms with E-state index in [2.05, 4.69) is 4.98 Å². The van der Waals surface area contributed by atoms with Crippen LogP contribution in [0.1, 0.15) is 17.7 Å². The lowest BCUT2D eigenvalue weighted by molar-refractivity contribution is -0.137. The van der Waals surface area contributed by atoms with Gasteiger partial charge in [0, 0.05) is 30.6 Å². The smallest absolute Gasteiger partial charge is 0.396 e. The third-order valence-electron chi connectivity index (χ3n) is 3.90. The number of alkyl halides is 3. The molecule has 3 rings (SSSR count). The first-order valence-corrected chi connectivity index (χ1v) is 6.82. The number of aliphatic hydroxyl groups excluding tert-OH is 1. The predicted octanol–water partition coefficient (Wildman–Crippen LogP) is 3.12. The number of nitrogens with zero attached hydrogens (tertiary/aromatic N) is 2. The Hall–Kier alpha value is -1.82. The molecule has 0 amide bonds. The number of fused-ring (bicyclic) bond motifs is 1. The first kappa shape index (κ1) is 14.1. The van der Waals surface area contributed by atoms with Crippen LogP contribution < -0.4 is 0 Å². The second kappa shape index (κ2) is 5.18. The number of halogens is 3. The average molecular weight is 296 g/mol. The van der Waals surface area contributed by atoms with Crippen molar-refractivity contribution in [1.29, 1.82) is 0 Å². The molecule has 0 radical (unpaired) electrons. The number of aliphatic hydroxyl groups is 1. The Kier molecular flexibility index (Phi) is 3.49. The van der Waals surface area contributed by atoms with Gasteiger partial charge in [-0.15, -0.1) is 0 Å². The maximum Gasteiger partial charge on any atom is 0.416 e. The Balaban J connectivity index is 1.98. The SMILES string of the molecule is OCC1CCn2c(cnc2-c2cccc(C(F)(F)F)c2)C1. The Morgan fingerprint density at radius 2 is 2.14 bits per heavy atom. The molecular formula is C15H15F3N2O. The lowest BCUT2D eigenvalue weighted by Gasteiger charge is -2.23. The van der Waals surface area contributed by atoms with Crippen molar-refractivity contribution in [3.8, 4) is 11.4 Å². The van der Waals surface area contributed by atoms with Crippen LogP contribution in [-0.2, 0) is 19.1 Å². The number of aromatic nitrogens is 2. The molecule has 1 unspecified atom stereocenters. The van der Waals surface area contributed by atoms with Crippen LogP contribution in [-0.4, -0.2) is 21.3 Å². The second-order valence-corrected chi connectivity index (χ2v) is 5.34. The molecule has 0 saturated heterocycles. The molecule has 112 valence electrons. The Bertz CT molecular complexity index is 649. The third kappa shape index (κ3) is 2.68. The van der Waals surface area contributed by atoms with Crippen LogP contribution in [0.4, 0.5) is 13.2 Å². The fourth-order valence-electron chi connectivity index (χ4n) is 2.75. The maximum absolute atomic E-state index is 12.8. The van der Waals surface area contributed by atoms with E-state index in [1.54, 1.807) is 12.3 Å². The number of hydrogen-bond acceptors (Lipinski definition) is 2. The van der Waals surface area contributed by atoms with Crippen molar-refractivity contribution in [2.45, 2.75) is 25.6 Å². The highest BCUT2D eigenvalue weighted by atomic mass is 19.4. The Labute approximate surface area is 120 Å². The van der Waals surface area contributed by atoms with Gasteiger partial charge >= 0.3 is 6.18 Å². The van der Waals surface area contributed by atoms with Crippen LogP contribution in [0.2, 0.25) is 0 Å². The topological polar surface area (TPSA) is 38.0 Å². The largest absolute Gasteiger partial charge is 0.416 e. The third-order valence-corrected chi connectivity index (χ3v) is 3.90. The summed E-state index contributed by atoms with van der Waals surface area (Å²) in [5.41, 5.74) is 0.771. The van der Waals surface area contributed by atoms with Gasteiger partial charge in [-0.25, -0.2) is 4.98 Å². The fraction of sp³-hybridized carbons (Fsp3) is 0.400. The molecule has 1 N–H and O–H groups in total. The molecule has 21 heavy (non-hydrogen) atoms. The highest BCUT2D eigenvalue weighted by Crippen LogP contribution is 2.33. The highest BCUT2D eigenvalue weighted by Gasteiger charge is 2.31. The van der Waals surface area contributed by atoms with E-state index in [4.69, 9.17) is 0 Å². The molecule has 1 aromatic carbocycles. The molecule has 0 aliphatic carbocycles. The molecular weight excluding hydrogens is 281 g/mol. The lowest BCUT2D eigenvalue weighted by Crippen LogP contribution is -2.21. The van der Waals surface area contributed by atoms with Crippen LogP contribution in [0.3, 0.4) is 0 Å². The number of benzene rings is 1. The van der Waals surface area contributed by atoms with Crippen molar-refractivity contribution < 1.29 is 18.3 Å². The van der Waals surface area contributed by atoms with Crippen LogP contribution >= 0.6 is 0 Å². The van der Waals surface area contributed by atoms with Gasteiger partial charge in [0.25, 0.3) is 0 Å². The van der Waals surface area contributed by atoms with E-state index in [0.717, 1.165) is 24.2 Å². The van der Waals surface area contributed by atoms with E-state index in [1.165, 1.54) is 6.07 Å². The molecule has 0 spiro atoms. The van der Waals surface area contributed by atoms with Gasteiger partial charge in [0.1, 0.15) is 5.82 Å². The molecule has 6 heteroatoms. The first-order valence-electron chi connectivity index (χ1n) is 6.82. The number of hydrogen-bond donors (Lipinski definition) is 1. The molecule has 1 aliphatic rings. The van der Waals surface area contributed by atoms with Crippen molar-refractivity contribution >= 4 is 0 Å². The van der Waals surface area contributed by atoms with Gasteiger partial charge in [0.05, 0.1) is 5.56 Å². The summed E-state index contributed by atoms with van der Waals surface area (Å²) in [7, 11) is 0. The molecule has 2 heterocycles. The molecule has 0 fully saturated rings. The van der Waals surface area contributed by atoms with E-state index in [0.29, 0.717) is 24.4 Å². The van der Waals surface area contributed by atoms with Crippen LogP contribution in [0.25, 0.3) is 11.4 Å². The van der Waals surface area contributed by atoms with Crippen LogP contribution in [0, 0.1) is 5.92 Å². The molecule has 0 saturated carbocycles. The van der Waals surface area contributed by atoms with Gasteiger partial charge in [0.2, 0.25) is 0 Å².